The average Bonchev–Trinajstić information content (AvgIpc) is 2.91. The monoisotopic (exact) mass is 565 g/mol. The lowest BCUT2D eigenvalue weighted by Gasteiger charge is -2.12. The van der Waals surface area contributed by atoms with E-state index in [9.17, 15) is 9.59 Å². The summed E-state index contributed by atoms with van der Waals surface area (Å²) < 4.78 is 22.4. The average molecular weight is 566 g/mol. The Hall–Kier alpha value is -4.04. The summed E-state index contributed by atoms with van der Waals surface area (Å²) in [5.74, 6) is 1.97. The van der Waals surface area contributed by atoms with E-state index in [0.717, 1.165) is 10.0 Å². The Balaban J connectivity index is 1.72. The SMILES string of the molecule is COc1cc(OC)c(/C=C/C(=O)Cc2ccc(OC)c(N/C=C\C(=O)c3ccc(Br)cc3)c2)c(OC)c1. The molecule has 0 spiro atoms. The van der Waals surface area contributed by atoms with Gasteiger partial charge in [-0.15, -0.1) is 0 Å². The highest BCUT2D eigenvalue weighted by molar-refractivity contribution is 9.10. The predicted octanol–water partition coefficient (Wildman–Crippen LogP) is 6.12. The number of benzene rings is 3. The normalized spacial score (nSPS) is 10.9. The summed E-state index contributed by atoms with van der Waals surface area (Å²) in [5.41, 5.74) is 2.62. The van der Waals surface area contributed by atoms with Crippen molar-refractivity contribution in [2.45, 2.75) is 6.42 Å². The number of anilines is 1. The van der Waals surface area contributed by atoms with E-state index in [2.05, 4.69) is 21.2 Å². The third-order valence-corrected chi connectivity index (χ3v) is 5.96. The molecule has 0 fully saturated rings. The van der Waals surface area contributed by atoms with Gasteiger partial charge in [0.2, 0.25) is 0 Å². The number of hydrogen-bond acceptors (Lipinski definition) is 7. The maximum atomic E-state index is 12.8. The number of hydrogen-bond donors (Lipinski definition) is 1. The molecule has 0 aliphatic rings. The van der Waals surface area contributed by atoms with Crippen LogP contribution in [0.1, 0.15) is 21.5 Å². The molecule has 0 saturated carbocycles. The van der Waals surface area contributed by atoms with Gasteiger partial charge in [-0.25, -0.2) is 0 Å². The van der Waals surface area contributed by atoms with E-state index in [0.29, 0.717) is 39.8 Å². The molecule has 0 aliphatic carbocycles. The number of halogens is 1. The lowest BCUT2D eigenvalue weighted by atomic mass is 10.1. The summed E-state index contributed by atoms with van der Waals surface area (Å²) in [6.07, 6.45) is 6.31. The smallest absolute Gasteiger partial charge is 0.187 e. The van der Waals surface area contributed by atoms with Crippen LogP contribution < -0.4 is 24.3 Å². The summed E-state index contributed by atoms with van der Waals surface area (Å²) in [6.45, 7) is 0. The number of carbonyl (C=O) groups excluding carboxylic acids is 2. The number of carbonyl (C=O) groups is 2. The molecule has 0 amide bonds. The van der Waals surface area contributed by atoms with Crippen molar-refractivity contribution < 1.29 is 28.5 Å². The molecule has 192 valence electrons. The fourth-order valence-corrected chi connectivity index (χ4v) is 3.79. The van der Waals surface area contributed by atoms with E-state index in [1.807, 2.05) is 24.3 Å². The molecule has 3 rings (SSSR count). The second kappa shape index (κ2) is 13.3. The number of allylic oxidation sites excluding steroid dienone is 2. The molecule has 0 radical (unpaired) electrons. The first-order valence-corrected chi connectivity index (χ1v) is 12.1. The van der Waals surface area contributed by atoms with Crippen molar-refractivity contribution in [3.05, 3.63) is 94.1 Å². The largest absolute Gasteiger partial charge is 0.496 e. The fourth-order valence-electron chi connectivity index (χ4n) is 3.53. The van der Waals surface area contributed by atoms with Gasteiger partial charge >= 0.3 is 0 Å². The van der Waals surface area contributed by atoms with Crippen molar-refractivity contribution in [2.75, 3.05) is 33.8 Å². The minimum Gasteiger partial charge on any atom is -0.496 e. The quantitative estimate of drug-likeness (QED) is 0.209. The van der Waals surface area contributed by atoms with Gasteiger partial charge in [0.15, 0.2) is 11.6 Å². The molecule has 37 heavy (non-hydrogen) atoms. The number of methoxy groups -OCH3 is 4. The number of ether oxygens (including phenoxy) is 4. The van der Waals surface area contributed by atoms with E-state index < -0.39 is 0 Å². The minimum atomic E-state index is -0.139. The zero-order valence-corrected chi connectivity index (χ0v) is 22.6. The number of nitrogens with one attached hydrogen (secondary N) is 1. The highest BCUT2D eigenvalue weighted by Crippen LogP contribution is 2.35. The maximum absolute atomic E-state index is 12.8. The van der Waals surface area contributed by atoms with Crippen LogP contribution in [0.15, 0.2) is 77.4 Å². The van der Waals surface area contributed by atoms with Gasteiger partial charge in [0.05, 0.1) is 39.7 Å². The molecule has 3 aromatic carbocycles. The van der Waals surface area contributed by atoms with Gasteiger partial charge in [-0.05, 0) is 54.1 Å². The van der Waals surface area contributed by atoms with Crippen molar-refractivity contribution in [1.82, 2.24) is 0 Å². The Morgan fingerprint density at radius 2 is 1.46 bits per heavy atom. The van der Waals surface area contributed by atoms with Crippen molar-refractivity contribution in [3.8, 4) is 23.0 Å². The number of rotatable bonds is 12. The fraction of sp³-hybridized carbons (Fsp3) is 0.172. The van der Waals surface area contributed by atoms with Gasteiger partial charge in [0, 0.05) is 40.9 Å². The Bertz CT molecular complexity index is 1290. The van der Waals surface area contributed by atoms with Crippen LogP contribution in [0.4, 0.5) is 5.69 Å². The highest BCUT2D eigenvalue weighted by atomic mass is 79.9. The zero-order valence-electron chi connectivity index (χ0n) is 21.0. The van der Waals surface area contributed by atoms with Crippen molar-refractivity contribution in [3.63, 3.8) is 0 Å². The van der Waals surface area contributed by atoms with E-state index >= 15 is 0 Å². The predicted molar refractivity (Wildman–Crippen MR) is 148 cm³/mol. The third kappa shape index (κ3) is 7.47. The van der Waals surface area contributed by atoms with Crippen LogP contribution in [0, 0.1) is 0 Å². The van der Waals surface area contributed by atoms with Crippen LogP contribution >= 0.6 is 15.9 Å². The Kier molecular flexibility index (Phi) is 9.92. The molecule has 0 bridgehead atoms. The minimum absolute atomic E-state index is 0.114. The second-order valence-electron chi connectivity index (χ2n) is 7.81. The van der Waals surface area contributed by atoms with Crippen LogP contribution in [0.5, 0.6) is 23.0 Å². The van der Waals surface area contributed by atoms with Crippen LogP contribution in [-0.2, 0) is 11.2 Å². The molecule has 0 unspecified atom stereocenters. The first-order valence-electron chi connectivity index (χ1n) is 11.3. The zero-order chi connectivity index (χ0) is 26.8. The molecular formula is C29H28BrNO6. The molecule has 0 atom stereocenters. The molecule has 7 nitrogen and oxygen atoms in total. The summed E-state index contributed by atoms with van der Waals surface area (Å²) in [5, 5.41) is 3.08. The molecule has 3 aromatic rings. The second-order valence-corrected chi connectivity index (χ2v) is 8.72. The van der Waals surface area contributed by atoms with Crippen molar-refractivity contribution >= 4 is 39.3 Å². The highest BCUT2D eigenvalue weighted by Gasteiger charge is 2.12. The van der Waals surface area contributed by atoms with E-state index in [1.54, 1.807) is 71.0 Å². The lowest BCUT2D eigenvalue weighted by Crippen LogP contribution is -2.02. The van der Waals surface area contributed by atoms with Crippen LogP contribution in [0.2, 0.25) is 0 Å². The summed E-state index contributed by atoms with van der Waals surface area (Å²) >= 11 is 3.36. The van der Waals surface area contributed by atoms with Crippen molar-refractivity contribution in [2.24, 2.45) is 0 Å². The Morgan fingerprint density at radius 3 is 2.05 bits per heavy atom. The van der Waals surface area contributed by atoms with Crippen molar-refractivity contribution in [1.29, 1.82) is 0 Å². The first-order chi connectivity index (χ1) is 17.9. The Labute approximate surface area is 224 Å². The van der Waals surface area contributed by atoms with Gasteiger partial charge in [0.25, 0.3) is 0 Å². The van der Waals surface area contributed by atoms with Gasteiger partial charge in [-0.1, -0.05) is 22.0 Å². The summed E-state index contributed by atoms with van der Waals surface area (Å²) in [6, 6.07) is 16.0. The van der Waals surface area contributed by atoms with Gasteiger partial charge < -0.3 is 24.3 Å². The lowest BCUT2D eigenvalue weighted by molar-refractivity contribution is -0.113. The molecule has 0 aliphatic heterocycles. The summed E-state index contributed by atoms with van der Waals surface area (Å²) in [7, 11) is 6.20. The van der Waals surface area contributed by atoms with Gasteiger partial charge in [-0.3, -0.25) is 9.59 Å². The van der Waals surface area contributed by atoms with Gasteiger partial charge in [-0.2, -0.15) is 0 Å². The van der Waals surface area contributed by atoms with Gasteiger partial charge in [0.1, 0.15) is 23.0 Å². The molecule has 0 aromatic heterocycles. The summed E-state index contributed by atoms with van der Waals surface area (Å²) in [4.78, 5) is 25.1. The molecular weight excluding hydrogens is 538 g/mol. The van der Waals surface area contributed by atoms with E-state index in [4.69, 9.17) is 18.9 Å². The number of ketones is 2. The first kappa shape index (κ1) is 27.5. The topological polar surface area (TPSA) is 83.1 Å². The molecule has 1 N–H and O–H groups in total. The van der Waals surface area contributed by atoms with Crippen LogP contribution in [0.3, 0.4) is 0 Å². The van der Waals surface area contributed by atoms with E-state index in [-0.39, 0.29) is 18.0 Å². The molecule has 0 heterocycles. The van der Waals surface area contributed by atoms with Crippen LogP contribution in [0.25, 0.3) is 6.08 Å². The van der Waals surface area contributed by atoms with Crippen LogP contribution in [-0.4, -0.2) is 40.0 Å². The maximum Gasteiger partial charge on any atom is 0.187 e. The van der Waals surface area contributed by atoms with E-state index in [1.165, 1.54) is 12.2 Å². The third-order valence-electron chi connectivity index (χ3n) is 5.43. The molecule has 0 saturated heterocycles. The standard InChI is InChI=1S/C29H28BrNO6/c1-34-23-17-28(36-3)24(29(18-23)37-4)11-10-22(32)15-19-5-12-27(35-2)25(16-19)31-14-13-26(33)20-6-8-21(30)9-7-20/h5-14,16-18,31H,15H2,1-4H3/b11-10+,14-13-. The molecule has 8 heteroatoms. The Morgan fingerprint density at radius 1 is 0.811 bits per heavy atom.